The Balaban J connectivity index is 2.19. The van der Waals surface area contributed by atoms with Crippen molar-refractivity contribution in [2.24, 2.45) is 0 Å². The van der Waals surface area contributed by atoms with E-state index < -0.39 is 5.97 Å². The molecule has 1 amide bonds. The maximum Gasteiger partial charge on any atom is 0.305 e. The minimum absolute atomic E-state index is 0.0762. The zero-order valence-corrected chi connectivity index (χ0v) is 12.6. The van der Waals surface area contributed by atoms with Crippen molar-refractivity contribution in [3.63, 3.8) is 0 Å². The summed E-state index contributed by atoms with van der Waals surface area (Å²) in [6.07, 6.45) is 1.60. The van der Waals surface area contributed by atoms with Gasteiger partial charge in [-0.25, -0.2) is 4.98 Å². The van der Waals surface area contributed by atoms with Crippen molar-refractivity contribution in [3.8, 4) is 10.7 Å². The molecular weight excluding hydrogens is 290 g/mol. The number of rotatable bonds is 5. The van der Waals surface area contributed by atoms with E-state index >= 15 is 0 Å². The van der Waals surface area contributed by atoms with Crippen LogP contribution < -0.4 is 0 Å². The maximum absolute atomic E-state index is 12.3. The molecule has 1 N–H and O–H groups in total. The number of carbonyl (C=O) groups is 2. The first kappa shape index (κ1) is 15.1. The molecule has 110 valence electrons. The number of thiazole rings is 1. The summed E-state index contributed by atoms with van der Waals surface area (Å²) in [6.45, 7) is 1.94. The molecule has 2 heterocycles. The average Bonchev–Trinajstić information content (AvgIpc) is 2.86. The van der Waals surface area contributed by atoms with Gasteiger partial charge in [0.15, 0.2) is 0 Å². The molecule has 21 heavy (non-hydrogen) atoms. The zero-order chi connectivity index (χ0) is 15.4. The highest BCUT2D eigenvalue weighted by Gasteiger charge is 2.20. The highest BCUT2D eigenvalue weighted by atomic mass is 32.1. The van der Waals surface area contributed by atoms with Gasteiger partial charge in [-0.05, 0) is 19.1 Å². The number of nitrogens with zero attached hydrogens (tertiary/aromatic N) is 3. The molecule has 0 aliphatic carbocycles. The van der Waals surface area contributed by atoms with Gasteiger partial charge in [0.1, 0.15) is 9.88 Å². The van der Waals surface area contributed by atoms with Crippen molar-refractivity contribution in [2.45, 2.75) is 13.3 Å². The number of pyridine rings is 1. The molecule has 2 aromatic heterocycles. The van der Waals surface area contributed by atoms with Gasteiger partial charge in [-0.1, -0.05) is 6.07 Å². The molecule has 0 unspecified atom stereocenters. The van der Waals surface area contributed by atoms with E-state index in [1.54, 1.807) is 20.2 Å². The van der Waals surface area contributed by atoms with E-state index in [0.717, 1.165) is 5.69 Å². The van der Waals surface area contributed by atoms with Crippen molar-refractivity contribution in [1.82, 2.24) is 14.9 Å². The number of hydrogen-bond donors (Lipinski definition) is 1. The van der Waals surface area contributed by atoms with Gasteiger partial charge in [0.05, 0.1) is 17.8 Å². The Labute approximate surface area is 126 Å². The third-order valence-corrected chi connectivity index (χ3v) is 4.05. The van der Waals surface area contributed by atoms with Crippen molar-refractivity contribution in [2.75, 3.05) is 13.6 Å². The molecule has 7 heteroatoms. The number of aliphatic carboxylic acids is 1. The molecule has 6 nitrogen and oxygen atoms in total. The lowest BCUT2D eigenvalue weighted by atomic mass is 10.3. The topological polar surface area (TPSA) is 83.4 Å². The molecule has 0 fully saturated rings. The Morgan fingerprint density at radius 1 is 1.38 bits per heavy atom. The second-order valence-corrected chi connectivity index (χ2v) is 5.52. The molecule has 0 bridgehead atoms. The van der Waals surface area contributed by atoms with Gasteiger partial charge in [-0.3, -0.25) is 14.6 Å². The van der Waals surface area contributed by atoms with Gasteiger partial charge >= 0.3 is 5.97 Å². The lowest BCUT2D eigenvalue weighted by molar-refractivity contribution is -0.137. The summed E-state index contributed by atoms with van der Waals surface area (Å²) in [5, 5.41) is 9.35. The fourth-order valence-corrected chi connectivity index (χ4v) is 2.77. The molecule has 0 aliphatic heterocycles. The quantitative estimate of drug-likeness (QED) is 0.914. The fraction of sp³-hybridized carbons (Fsp3) is 0.286. The van der Waals surface area contributed by atoms with Crippen LogP contribution in [0.2, 0.25) is 0 Å². The smallest absolute Gasteiger partial charge is 0.305 e. The summed E-state index contributed by atoms with van der Waals surface area (Å²) in [4.78, 5) is 33.4. The van der Waals surface area contributed by atoms with Gasteiger partial charge in [-0.15, -0.1) is 11.3 Å². The summed E-state index contributed by atoms with van der Waals surface area (Å²) in [5.41, 5.74) is 1.35. The van der Waals surface area contributed by atoms with Crippen LogP contribution in [0.4, 0.5) is 0 Å². The fourth-order valence-electron chi connectivity index (χ4n) is 1.73. The van der Waals surface area contributed by atoms with Crippen LogP contribution in [-0.4, -0.2) is 45.4 Å². The number of aryl methyl sites for hydroxylation is 1. The highest BCUT2D eigenvalue weighted by Crippen LogP contribution is 2.27. The van der Waals surface area contributed by atoms with Crippen LogP contribution in [0, 0.1) is 6.92 Å². The Morgan fingerprint density at radius 3 is 2.76 bits per heavy atom. The third kappa shape index (κ3) is 3.63. The molecule has 0 saturated heterocycles. The second kappa shape index (κ2) is 6.45. The standard InChI is InChI=1S/C14H15N3O3S/c1-9-12(14(20)17(2)8-6-11(18)19)21-13(16-9)10-5-3-4-7-15-10/h3-5,7H,6,8H2,1-2H3,(H,18,19). The van der Waals surface area contributed by atoms with E-state index in [9.17, 15) is 9.59 Å². The molecule has 0 radical (unpaired) electrons. The van der Waals surface area contributed by atoms with Gasteiger partial charge in [0.2, 0.25) is 0 Å². The molecule has 0 aromatic carbocycles. The first-order chi connectivity index (χ1) is 9.99. The van der Waals surface area contributed by atoms with Crippen LogP contribution in [-0.2, 0) is 4.79 Å². The average molecular weight is 305 g/mol. The number of amides is 1. The van der Waals surface area contributed by atoms with Crippen molar-refractivity contribution >= 4 is 23.2 Å². The number of carbonyl (C=O) groups excluding carboxylic acids is 1. The first-order valence-corrected chi connectivity index (χ1v) is 7.16. The van der Waals surface area contributed by atoms with Gasteiger partial charge in [0, 0.05) is 19.8 Å². The van der Waals surface area contributed by atoms with Crippen molar-refractivity contribution in [3.05, 3.63) is 35.0 Å². The highest BCUT2D eigenvalue weighted by molar-refractivity contribution is 7.17. The van der Waals surface area contributed by atoms with E-state index in [1.807, 2.05) is 18.2 Å². The largest absolute Gasteiger partial charge is 0.481 e. The number of hydrogen-bond acceptors (Lipinski definition) is 5. The minimum Gasteiger partial charge on any atom is -0.481 e. The summed E-state index contributed by atoms with van der Waals surface area (Å²) in [6, 6.07) is 5.51. The minimum atomic E-state index is -0.926. The summed E-state index contributed by atoms with van der Waals surface area (Å²) >= 11 is 1.27. The monoisotopic (exact) mass is 305 g/mol. The normalized spacial score (nSPS) is 10.4. The summed E-state index contributed by atoms with van der Waals surface area (Å²) < 4.78 is 0. The van der Waals surface area contributed by atoms with Crippen LogP contribution in [0.3, 0.4) is 0 Å². The van der Waals surface area contributed by atoms with Crippen LogP contribution in [0.25, 0.3) is 10.7 Å². The maximum atomic E-state index is 12.3. The first-order valence-electron chi connectivity index (χ1n) is 6.35. The Bertz CT molecular complexity index is 655. The van der Waals surface area contributed by atoms with E-state index in [0.29, 0.717) is 15.6 Å². The Hall–Kier alpha value is -2.28. The van der Waals surface area contributed by atoms with Gasteiger partial charge < -0.3 is 10.0 Å². The molecular formula is C14H15N3O3S. The van der Waals surface area contributed by atoms with Crippen LogP contribution in [0.5, 0.6) is 0 Å². The van der Waals surface area contributed by atoms with Gasteiger partial charge in [0.25, 0.3) is 5.91 Å². The molecule has 2 rings (SSSR count). The van der Waals surface area contributed by atoms with E-state index in [-0.39, 0.29) is 18.9 Å². The lowest BCUT2D eigenvalue weighted by Gasteiger charge is -2.14. The Kier molecular flexibility index (Phi) is 4.64. The van der Waals surface area contributed by atoms with Crippen molar-refractivity contribution in [1.29, 1.82) is 0 Å². The summed E-state index contributed by atoms with van der Waals surface area (Å²) in [5.74, 6) is -1.14. The van der Waals surface area contributed by atoms with Crippen LogP contribution >= 0.6 is 11.3 Å². The predicted molar refractivity (Wildman–Crippen MR) is 79.3 cm³/mol. The van der Waals surface area contributed by atoms with Crippen LogP contribution in [0.15, 0.2) is 24.4 Å². The molecule has 2 aromatic rings. The molecule has 0 saturated carbocycles. The van der Waals surface area contributed by atoms with E-state index in [1.165, 1.54) is 16.2 Å². The SMILES string of the molecule is Cc1nc(-c2ccccn2)sc1C(=O)N(C)CCC(=O)O. The predicted octanol–water partition coefficient (Wildman–Crippen LogP) is 2.06. The number of carboxylic acid groups (broad SMARTS) is 1. The Morgan fingerprint density at radius 2 is 2.14 bits per heavy atom. The van der Waals surface area contributed by atoms with Crippen molar-refractivity contribution < 1.29 is 14.7 Å². The zero-order valence-electron chi connectivity index (χ0n) is 11.7. The molecule has 0 atom stereocenters. The second-order valence-electron chi connectivity index (χ2n) is 4.52. The third-order valence-electron chi connectivity index (χ3n) is 2.88. The lowest BCUT2D eigenvalue weighted by Crippen LogP contribution is -2.28. The summed E-state index contributed by atoms with van der Waals surface area (Å²) in [7, 11) is 1.59. The molecule has 0 spiro atoms. The number of aromatic nitrogens is 2. The molecule has 0 aliphatic rings. The number of carboxylic acids is 1. The van der Waals surface area contributed by atoms with E-state index in [2.05, 4.69) is 9.97 Å². The van der Waals surface area contributed by atoms with Crippen LogP contribution in [0.1, 0.15) is 21.8 Å². The van der Waals surface area contributed by atoms with Gasteiger partial charge in [-0.2, -0.15) is 0 Å². The van der Waals surface area contributed by atoms with E-state index in [4.69, 9.17) is 5.11 Å².